The van der Waals surface area contributed by atoms with Crippen LogP contribution in [0, 0.1) is 0 Å². The first-order chi connectivity index (χ1) is 7.79. The molecule has 0 N–H and O–H groups in total. The molecule has 0 unspecified atom stereocenters. The highest BCUT2D eigenvalue weighted by molar-refractivity contribution is 5.79. The van der Waals surface area contributed by atoms with E-state index < -0.39 is 0 Å². The average Bonchev–Trinajstić information content (AvgIpc) is 2.33. The van der Waals surface area contributed by atoms with Gasteiger partial charge in [-0.2, -0.15) is 0 Å². The van der Waals surface area contributed by atoms with Gasteiger partial charge in [-0.25, -0.2) is 0 Å². The maximum Gasteiger partial charge on any atom is 0.157 e. The maximum absolute atomic E-state index is 10.8. The zero-order valence-electron chi connectivity index (χ0n) is 9.43. The fourth-order valence-electron chi connectivity index (χ4n) is 1.68. The third-order valence-corrected chi connectivity index (χ3v) is 2.74. The summed E-state index contributed by atoms with van der Waals surface area (Å²) in [5, 5.41) is 1.91. The van der Waals surface area contributed by atoms with Crippen molar-refractivity contribution in [3.63, 3.8) is 0 Å². The Balaban J connectivity index is 2.00. The summed E-state index contributed by atoms with van der Waals surface area (Å²) < 4.78 is 0. The summed E-state index contributed by atoms with van der Waals surface area (Å²) in [6.45, 7) is 3.71. The number of likely N-dealkylation sites (N-methyl/N-ethyl adjacent to an activating group) is 1. The van der Waals surface area contributed by atoms with Crippen LogP contribution in [0.5, 0.6) is 5.75 Å². The molecule has 4 nitrogen and oxygen atoms in total. The molecule has 1 saturated heterocycles. The Bertz CT molecular complexity index is 360. The van der Waals surface area contributed by atoms with Crippen molar-refractivity contribution in [1.82, 2.24) is 9.96 Å². The first-order valence-electron chi connectivity index (χ1n) is 5.45. The number of piperazine rings is 1. The Morgan fingerprint density at radius 1 is 1.19 bits per heavy atom. The molecule has 0 spiro atoms. The summed E-state index contributed by atoms with van der Waals surface area (Å²) in [7, 11) is 2.09. The number of hydrogen-bond acceptors (Lipinski definition) is 4. The van der Waals surface area contributed by atoms with Crippen LogP contribution in [0.25, 0.3) is 0 Å². The Morgan fingerprint density at radius 3 is 2.56 bits per heavy atom. The molecule has 1 heterocycles. The molecule has 1 aliphatic heterocycles. The number of aldehydes is 1. The highest BCUT2D eigenvalue weighted by Gasteiger charge is 2.16. The summed E-state index contributed by atoms with van der Waals surface area (Å²) in [5.41, 5.74) is 0.599. The van der Waals surface area contributed by atoms with Gasteiger partial charge in [0.25, 0.3) is 0 Å². The monoisotopic (exact) mass is 220 g/mol. The number of nitrogens with zero attached hydrogens (tertiary/aromatic N) is 2. The van der Waals surface area contributed by atoms with Gasteiger partial charge in [0, 0.05) is 26.2 Å². The van der Waals surface area contributed by atoms with Crippen LogP contribution in [0.1, 0.15) is 10.4 Å². The molecule has 0 atom stereocenters. The van der Waals surface area contributed by atoms with Crippen LogP contribution in [0.2, 0.25) is 0 Å². The minimum absolute atomic E-state index is 0.599. The fraction of sp³-hybridized carbons (Fsp3) is 0.417. The van der Waals surface area contributed by atoms with E-state index in [0.29, 0.717) is 11.3 Å². The van der Waals surface area contributed by atoms with Crippen LogP contribution < -0.4 is 4.84 Å². The summed E-state index contributed by atoms with van der Waals surface area (Å²) in [6, 6.07) is 7.29. The number of hydroxylamine groups is 2. The minimum Gasteiger partial charge on any atom is -0.405 e. The largest absolute Gasteiger partial charge is 0.405 e. The van der Waals surface area contributed by atoms with Gasteiger partial charge in [-0.1, -0.05) is 12.1 Å². The van der Waals surface area contributed by atoms with E-state index in [0.717, 1.165) is 32.5 Å². The molecule has 1 fully saturated rings. The van der Waals surface area contributed by atoms with Crippen LogP contribution in [0.15, 0.2) is 24.3 Å². The van der Waals surface area contributed by atoms with E-state index in [1.54, 1.807) is 6.07 Å². The second-order valence-electron chi connectivity index (χ2n) is 3.98. The summed E-state index contributed by atoms with van der Waals surface area (Å²) >= 11 is 0. The molecule has 0 aliphatic carbocycles. The van der Waals surface area contributed by atoms with Crippen LogP contribution in [0.4, 0.5) is 0 Å². The SMILES string of the molecule is CN1CCN(Oc2ccccc2C=O)CC1. The van der Waals surface area contributed by atoms with Gasteiger partial charge in [0.15, 0.2) is 12.0 Å². The van der Waals surface area contributed by atoms with Crippen LogP contribution >= 0.6 is 0 Å². The molecular formula is C12H16N2O2. The maximum atomic E-state index is 10.8. The lowest BCUT2D eigenvalue weighted by molar-refractivity contribution is -0.0851. The van der Waals surface area contributed by atoms with Crippen LogP contribution in [-0.4, -0.2) is 49.5 Å². The zero-order chi connectivity index (χ0) is 11.4. The topological polar surface area (TPSA) is 32.8 Å². The highest BCUT2D eigenvalue weighted by atomic mass is 16.7. The van der Waals surface area contributed by atoms with Gasteiger partial charge in [-0.3, -0.25) is 4.79 Å². The number of hydrogen-bond donors (Lipinski definition) is 0. The Kier molecular flexibility index (Phi) is 3.54. The molecule has 0 radical (unpaired) electrons. The molecule has 0 saturated carbocycles. The third-order valence-electron chi connectivity index (χ3n) is 2.74. The summed E-state index contributed by atoms with van der Waals surface area (Å²) in [6.07, 6.45) is 0.825. The predicted octanol–water partition coefficient (Wildman–Crippen LogP) is 1.04. The second-order valence-corrected chi connectivity index (χ2v) is 3.98. The number of rotatable bonds is 3. The van der Waals surface area contributed by atoms with E-state index in [-0.39, 0.29) is 0 Å². The molecule has 0 bridgehead atoms. The summed E-state index contributed by atoms with van der Waals surface area (Å²) in [5.74, 6) is 0.641. The molecular weight excluding hydrogens is 204 g/mol. The van der Waals surface area contributed by atoms with Gasteiger partial charge in [0.1, 0.15) is 0 Å². The first-order valence-corrected chi connectivity index (χ1v) is 5.45. The highest BCUT2D eigenvalue weighted by Crippen LogP contribution is 2.17. The number of carbonyl (C=O) groups excluding carboxylic acids is 1. The number of benzene rings is 1. The quantitative estimate of drug-likeness (QED) is 0.713. The third kappa shape index (κ3) is 2.59. The lowest BCUT2D eigenvalue weighted by Gasteiger charge is -2.31. The minimum atomic E-state index is 0.599. The van der Waals surface area contributed by atoms with E-state index in [9.17, 15) is 4.79 Å². The molecule has 0 aromatic heterocycles. The van der Waals surface area contributed by atoms with Crippen molar-refractivity contribution in [2.75, 3.05) is 33.2 Å². The van der Waals surface area contributed by atoms with Crippen molar-refractivity contribution in [3.05, 3.63) is 29.8 Å². The van der Waals surface area contributed by atoms with Crippen molar-refractivity contribution in [1.29, 1.82) is 0 Å². The van der Waals surface area contributed by atoms with Crippen LogP contribution in [0.3, 0.4) is 0 Å². The van der Waals surface area contributed by atoms with E-state index in [2.05, 4.69) is 11.9 Å². The Hall–Kier alpha value is -1.39. The standard InChI is InChI=1S/C12H16N2O2/c1-13-6-8-14(9-7-13)16-12-5-3-2-4-11(12)10-15/h2-5,10H,6-9H2,1H3. The number of carbonyl (C=O) groups is 1. The van der Waals surface area contributed by atoms with Gasteiger partial charge >= 0.3 is 0 Å². The van der Waals surface area contributed by atoms with Gasteiger partial charge in [0.05, 0.1) is 5.56 Å². The van der Waals surface area contributed by atoms with Crippen molar-refractivity contribution in [3.8, 4) is 5.75 Å². The van der Waals surface area contributed by atoms with E-state index in [1.165, 1.54) is 0 Å². The molecule has 1 aliphatic rings. The Labute approximate surface area is 95.4 Å². The van der Waals surface area contributed by atoms with Crippen molar-refractivity contribution in [2.45, 2.75) is 0 Å². The van der Waals surface area contributed by atoms with Gasteiger partial charge < -0.3 is 9.74 Å². The second kappa shape index (κ2) is 5.09. The first kappa shape index (κ1) is 11.1. The molecule has 0 amide bonds. The van der Waals surface area contributed by atoms with Crippen molar-refractivity contribution in [2.24, 2.45) is 0 Å². The zero-order valence-corrected chi connectivity index (χ0v) is 9.43. The lowest BCUT2D eigenvalue weighted by atomic mass is 10.2. The summed E-state index contributed by atoms with van der Waals surface area (Å²) in [4.78, 5) is 18.8. The predicted molar refractivity (Wildman–Crippen MR) is 61.5 cm³/mol. The van der Waals surface area contributed by atoms with Gasteiger partial charge in [-0.15, -0.1) is 5.06 Å². The van der Waals surface area contributed by atoms with E-state index in [1.807, 2.05) is 23.3 Å². The van der Waals surface area contributed by atoms with Crippen molar-refractivity contribution >= 4 is 6.29 Å². The number of para-hydroxylation sites is 1. The van der Waals surface area contributed by atoms with Crippen molar-refractivity contribution < 1.29 is 9.63 Å². The fourth-order valence-corrected chi connectivity index (χ4v) is 1.68. The molecule has 4 heteroatoms. The average molecular weight is 220 g/mol. The molecule has 2 rings (SSSR count). The van der Waals surface area contributed by atoms with E-state index >= 15 is 0 Å². The molecule has 1 aromatic rings. The molecule has 16 heavy (non-hydrogen) atoms. The Morgan fingerprint density at radius 2 is 1.88 bits per heavy atom. The van der Waals surface area contributed by atoms with Crippen LogP contribution in [-0.2, 0) is 0 Å². The smallest absolute Gasteiger partial charge is 0.157 e. The van der Waals surface area contributed by atoms with E-state index in [4.69, 9.17) is 4.84 Å². The van der Waals surface area contributed by atoms with Gasteiger partial charge in [0.2, 0.25) is 0 Å². The normalized spacial score (nSPS) is 18.3. The lowest BCUT2D eigenvalue weighted by Crippen LogP contribution is -2.45. The molecule has 86 valence electrons. The van der Waals surface area contributed by atoms with Gasteiger partial charge in [-0.05, 0) is 19.2 Å². The molecule has 1 aromatic carbocycles.